The number of hydrogen-bond acceptors (Lipinski definition) is 3. The topological polar surface area (TPSA) is 54.6 Å². The molecule has 1 fully saturated rings. The van der Waals surface area contributed by atoms with Crippen molar-refractivity contribution >= 4 is 17.7 Å². The summed E-state index contributed by atoms with van der Waals surface area (Å²) in [7, 11) is 0. The molecule has 22 heavy (non-hydrogen) atoms. The highest BCUT2D eigenvalue weighted by molar-refractivity contribution is 5.97. The number of nitrogens with one attached hydrogen (secondary N) is 1. The summed E-state index contributed by atoms with van der Waals surface area (Å²) in [6, 6.07) is 13.8. The number of amides is 1. The van der Waals surface area contributed by atoms with Crippen LogP contribution in [0.5, 0.6) is 0 Å². The molecule has 1 heterocycles. The molecule has 0 bridgehead atoms. The molecule has 4 nitrogen and oxygen atoms in total. The van der Waals surface area contributed by atoms with Gasteiger partial charge in [-0.05, 0) is 49.1 Å². The highest BCUT2D eigenvalue weighted by atomic mass is 16.3. The lowest BCUT2D eigenvalue weighted by atomic mass is 10.1. The first-order valence-electron chi connectivity index (χ1n) is 7.35. The Bertz CT molecular complexity index is 687. The number of hydrazone groups is 1. The average Bonchev–Trinajstić information content (AvgIpc) is 3.19. The molecule has 0 saturated heterocycles. The fraction of sp³-hybridized carbons (Fsp3) is 0.222. The average molecular weight is 294 g/mol. The number of furan rings is 1. The van der Waals surface area contributed by atoms with Crippen molar-refractivity contribution in [3.63, 3.8) is 0 Å². The number of rotatable bonds is 5. The molecule has 1 amide bonds. The van der Waals surface area contributed by atoms with Crippen molar-refractivity contribution < 1.29 is 9.21 Å². The van der Waals surface area contributed by atoms with E-state index in [1.807, 2.05) is 43.3 Å². The molecule has 1 aliphatic carbocycles. The second-order valence-electron chi connectivity index (χ2n) is 5.44. The molecule has 2 atom stereocenters. The first kappa shape index (κ1) is 14.3. The minimum Gasteiger partial charge on any atom is -0.465 e. The van der Waals surface area contributed by atoms with Gasteiger partial charge in [-0.1, -0.05) is 30.3 Å². The van der Waals surface area contributed by atoms with E-state index < -0.39 is 0 Å². The molecule has 2 aromatic rings. The minimum absolute atomic E-state index is 0.0143. The summed E-state index contributed by atoms with van der Waals surface area (Å²) in [5.74, 6) is 1.11. The molecule has 0 aliphatic heterocycles. The quantitative estimate of drug-likeness (QED) is 0.677. The van der Waals surface area contributed by atoms with Crippen LogP contribution in [0, 0.1) is 5.92 Å². The molecule has 1 saturated carbocycles. The van der Waals surface area contributed by atoms with Crippen LogP contribution in [0.4, 0.5) is 0 Å². The van der Waals surface area contributed by atoms with Gasteiger partial charge in [-0.2, -0.15) is 5.10 Å². The number of carbonyl (C=O) groups excluding carboxylic acids is 1. The molecule has 0 unspecified atom stereocenters. The maximum atomic E-state index is 12.1. The summed E-state index contributed by atoms with van der Waals surface area (Å²) in [6.45, 7) is 1.83. The molecular formula is C18H18N2O2. The van der Waals surface area contributed by atoms with E-state index in [0.29, 0.717) is 5.92 Å². The molecule has 0 radical (unpaired) electrons. The van der Waals surface area contributed by atoms with Gasteiger partial charge in [-0.25, -0.2) is 5.43 Å². The number of benzene rings is 1. The Morgan fingerprint density at radius 2 is 2.09 bits per heavy atom. The van der Waals surface area contributed by atoms with E-state index >= 15 is 0 Å². The number of carbonyl (C=O) groups is 1. The molecule has 112 valence electrons. The van der Waals surface area contributed by atoms with Crippen LogP contribution in [0.25, 0.3) is 6.08 Å². The molecule has 1 aromatic carbocycles. The lowest BCUT2D eigenvalue weighted by Gasteiger charge is -2.00. The van der Waals surface area contributed by atoms with Gasteiger partial charge in [0.25, 0.3) is 0 Å². The monoisotopic (exact) mass is 294 g/mol. The summed E-state index contributed by atoms with van der Waals surface area (Å²) in [5.41, 5.74) is 4.59. The Hall–Kier alpha value is -2.62. The fourth-order valence-corrected chi connectivity index (χ4v) is 2.41. The number of hydrogen-bond donors (Lipinski definition) is 1. The van der Waals surface area contributed by atoms with E-state index in [0.717, 1.165) is 17.9 Å². The highest BCUT2D eigenvalue weighted by Crippen LogP contribution is 2.47. The van der Waals surface area contributed by atoms with Crippen LogP contribution in [-0.4, -0.2) is 11.6 Å². The normalized spacial score (nSPS) is 21.0. The van der Waals surface area contributed by atoms with Crippen LogP contribution in [0.15, 0.2) is 64.3 Å². The molecule has 1 aliphatic rings. The van der Waals surface area contributed by atoms with Crippen molar-refractivity contribution in [3.8, 4) is 0 Å². The van der Waals surface area contributed by atoms with Gasteiger partial charge in [0.1, 0.15) is 5.76 Å². The van der Waals surface area contributed by atoms with Gasteiger partial charge >= 0.3 is 0 Å². The number of allylic oxidation sites excluding steroid dienone is 1. The molecule has 0 spiro atoms. The highest BCUT2D eigenvalue weighted by Gasteiger charge is 2.43. The zero-order valence-corrected chi connectivity index (χ0v) is 12.4. The largest absolute Gasteiger partial charge is 0.465 e. The molecule has 1 aromatic heterocycles. The van der Waals surface area contributed by atoms with Crippen molar-refractivity contribution in [1.82, 2.24) is 5.43 Å². The summed E-state index contributed by atoms with van der Waals surface area (Å²) in [6.07, 6.45) is 6.13. The first-order valence-corrected chi connectivity index (χ1v) is 7.35. The molecule has 3 rings (SSSR count). The van der Waals surface area contributed by atoms with Crippen LogP contribution in [0.2, 0.25) is 0 Å². The molecular weight excluding hydrogens is 276 g/mol. The van der Waals surface area contributed by atoms with E-state index in [1.165, 1.54) is 5.56 Å². The maximum absolute atomic E-state index is 12.1. The molecule has 4 heteroatoms. The Labute approximate surface area is 129 Å². The van der Waals surface area contributed by atoms with Crippen LogP contribution in [-0.2, 0) is 4.79 Å². The Kier molecular flexibility index (Phi) is 4.19. The van der Waals surface area contributed by atoms with Gasteiger partial charge in [0, 0.05) is 5.92 Å². The Morgan fingerprint density at radius 1 is 1.27 bits per heavy atom. The van der Waals surface area contributed by atoms with E-state index in [9.17, 15) is 4.79 Å². The molecule has 1 N–H and O–H groups in total. The number of nitrogens with zero attached hydrogens (tertiary/aromatic N) is 1. The summed E-state index contributed by atoms with van der Waals surface area (Å²) in [4.78, 5) is 12.1. The minimum atomic E-state index is -0.0143. The van der Waals surface area contributed by atoms with E-state index in [1.54, 1.807) is 12.3 Å². The van der Waals surface area contributed by atoms with Crippen LogP contribution in [0.3, 0.4) is 0 Å². The van der Waals surface area contributed by atoms with Gasteiger partial charge in [0.05, 0.1) is 12.0 Å². The van der Waals surface area contributed by atoms with Gasteiger partial charge < -0.3 is 4.42 Å². The van der Waals surface area contributed by atoms with Gasteiger partial charge in [0.2, 0.25) is 5.91 Å². The first-order chi connectivity index (χ1) is 10.7. The van der Waals surface area contributed by atoms with Crippen molar-refractivity contribution in [2.24, 2.45) is 11.0 Å². The second kappa shape index (κ2) is 6.43. The zero-order chi connectivity index (χ0) is 15.4. The van der Waals surface area contributed by atoms with Crippen molar-refractivity contribution in [1.29, 1.82) is 0 Å². The van der Waals surface area contributed by atoms with Gasteiger partial charge in [-0.3, -0.25) is 4.79 Å². The van der Waals surface area contributed by atoms with Crippen LogP contribution < -0.4 is 5.43 Å². The van der Waals surface area contributed by atoms with E-state index in [4.69, 9.17) is 4.42 Å². The second-order valence-corrected chi connectivity index (χ2v) is 5.44. The Balaban J connectivity index is 1.51. The predicted octanol–water partition coefficient (Wildman–Crippen LogP) is 3.59. The summed E-state index contributed by atoms with van der Waals surface area (Å²) in [5, 5.41) is 4.10. The third kappa shape index (κ3) is 3.52. The standard InChI is InChI=1S/C18H18N2O2/c1-13(9-10-15-8-5-11-22-15)19-20-18(21)17-12-16(17)14-6-3-2-4-7-14/h2-11,16-17H,12H2,1H3,(H,20,21)/b10-9-,19-13?/t16-,17+/m0/s1. The summed E-state index contributed by atoms with van der Waals surface area (Å²) < 4.78 is 5.19. The van der Waals surface area contributed by atoms with Crippen LogP contribution in [0.1, 0.15) is 30.6 Å². The maximum Gasteiger partial charge on any atom is 0.243 e. The zero-order valence-electron chi connectivity index (χ0n) is 12.4. The predicted molar refractivity (Wildman–Crippen MR) is 86.3 cm³/mol. The Morgan fingerprint density at radius 3 is 2.82 bits per heavy atom. The fourth-order valence-electron chi connectivity index (χ4n) is 2.41. The van der Waals surface area contributed by atoms with E-state index in [2.05, 4.69) is 22.7 Å². The SMILES string of the molecule is CC(/C=C\c1ccco1)=NNC(=O)[C@@H]1C[C@H]1c1ccccc1. The smallest absolute Gasteiger partial charge is 0.243 e. The van der Waals surface area contributed by atoms with Gasteiger partial charge in [-0.15, -0.1) is 0 Å². The van der Waals surface area contributed by atoms with Crippen molar-refractivity contribution in [3.05, 3.63) is 66.1 Å². The van der Waals surface area contributed by atoms with Crippen molar-refractivity contribution in [2.75, 3.05) is 0 Å². The van der Waals surface area contributed by atoms with E-state index in [-0.39, 0.29) is 11.8 Å². The lowest BCUT2D eigenvalue weighted by molar-refractivity contribution is -0.122. The lowest BCUT2D eigenvalue weighted by Crippen LogP contribution is -2.21. The van der Waals surface area contributed by atoms with Crippen molar-refractivity contribution in [2.45, 2.75) is 19.3 Å². The van der Waals surface area contributed by atoms with Crippen LogP contribution >= 0.6 is 0 Å². The van der Waals surface area contributed by atoms with Gasteiger partial charge in [0.15, 0.2) is 0 Å². The third-order valence-corrected chi connectivity index (χ3v) is 3.73. The summed E-state index contributed by atoms with van der Waals surface area (Å²) >= 11 is 0. The third-order valence-electron chi connectivity index (χ3n) is 3.73.